The molecule has 1 saturated heterocycles. The molecule has 0 saturated carbocycles. The van der Waals surface area contributed by atoms with E-state index in [0.29, 0.717) is 29.4 Å². The Morgan fingerprint density at radius 1 is 1.10 bits per heavy atom. The van der Waals surface area contributed by atoms with Gasteiger partial charge in [-0.1, -0.05) is 43.7 Å². The Kier molecular flexibility index (Phi) is 7.63. The van der Waals surface area contributed by atoms with Gasteiger partial charge in [0.15, 0.2) is 11.5 Å². The highest BCUT2D eigenvalue weighted by atomic mass is 32.2. The Hall–Kier alpha value is -2.67. The van der Waals surface area contributed by atoms with Crippen LogP contribution in [0.3, 0.4) is 0 Å². The van der Waals surface area contributed by atoms with E-state index in [4.69, 9.17) is 9.47 Å². The van der Waals surface area contributed by atoms with Gasteiger partial charge in [0.25, 0.3) is 5.91 Å². The Labute approximate surface area is 181 Å². The lowest BCUT2D eigenvalue weighted by Gasteiger charge is -2.29. The van der Waals surface area contributed by atoms with Crippen molar-refractivity contribution in [1.29, 1.82) is 0 Å². The second kappa shape index (κ2) is 10.4. The molecule has 2 amide bonds. The first-order chi connectivity index (χ1) is 14.6. The van der Waals surface area contributed by atoms with Gasteiger partial charge in [-0.2, -0.15) is 0 Å². The number of thioether (sulfide) groups is 1. The van der Waals surface area contributed by atoms with Crippen LogP contribution in [0, 0.1) is 0 Å². The molecule has 1 aliphatic heterocycles. The lowest BCUT2D eigenvalue weighted by molar-refractivity contribution is -0.124. The molecule has 30 heavy (non-hydrogen) atoms. The largest absolute Gasteiger partial charge is 0.493 e. The fourth-order valence-corrected chi connectivity index (χ4v) is 4.88. The average Bonchev–Trinajstić information content (AvgIpc) is 3.24. The Balaban J connectivity index is 1.93. The minimum Gasteiger partial charge on any atom is -0.493 e. The van der Waals surface area contributed by atoms with Crippen LogP contribution in [-0.4, -0.2) is 49.3 Å². The van der Waals surface area contributed by atoms with Gasteiger partial charge >= 0.3 is 0 Å². The highest BCUT2D eigenvalue weighted by Crippen LogP contribution is 2.42. The van der Waals surface area contributed by atoms with E-state index in [-0.39, 0.29) is 17.2 Å². The van der Waals surface area contributed by atoms with Gasteiger partial charge in [0.1, 0.15) is 11.4 Å². The summed E-state index contributed by atoms with van der Waals surface area (Å²) in [6, 6.07) is 14.4. The summed E-state index contributed by atoms with van der Waals surface area (Å²) in [4.78, 5) is 28.2. The predicted molar refractivity (Wildman–Crippen MR) is 119 cm³/mol. The highest BCUT2D eigenvalue weighted by molar-refractivity contribution is 7.99. The molecule has 2 unspecified atom stereocenters. The number of ether oxygens (including phenoxy) is 2. The fraction of sp³-hybridized carbons (Fsp3) is 0.391. The SMILES string of the molecule is CCCCNC(=O)C1CSC(c2ccccc2)N1C(=O)c1ccc(OC)c(OC)c1. The number of benzene rings is 2. The predicted octanol–water partition coefficient (Wildman–Crippen LogP) is 3.88. The molecule has 3 rings (SSSR count). The Bertz CT molecular complexity index is 875. The van der Waals surface area contributed by atoms with Crippen LogP contribution < -0.4 is 14.8 Å². The molecular weight excluding hydrogens is 400 g/mol. The van der Waals surface area contributed by atoms with Crippen LogP contribution in [0.4, 0.5) is 0 Å². The molecule has 7 heteroatoms. The van der Waals surface area contributed by atoms with Gasteiger partial charge in [-0.15, -0.1) is 11.8 Å². The van der Waals surface area contributed by atoms with Gasteiger partial charge in [-0.3, -0.25) is 9.59 Å². The van der Waals surface area contributed by atoms with Gasteiger partial charge in [0.05, 0.1) is 14.2 Å². The summed E-state index contributed by atoms with van der Waals surface area (Å²) in [7, 11) is 3.09. The van der Waals surface area contributed by atoms with E-state index in [2.05, 4.69) is 12.2 Å². The fourth-order valence-electron chi connectivity index (χ4n) is 3.46. The summed E-state index contributed by atoms with van der Waals surface area (Å²) < 4.78 is 10.6. The summed E-state index contributed by atoms with van der Waals surface area (Å²) in [6.07, 6.45) is 1.91. The smallest absolute Gasteiger partial charge is 0.255 e. The number of hydrogen-bond donors (Lipinski definition) is 1. The molecule has 6 nitrogen and oxygen atoms in total. The van der Waals surface area contributed by atoms with Crippen molar-refractivity contribution in [3.05, 3.63) is 59.7 Å². The summed E-state index contributed by atoms with van der Waals surface area (Å²) in [6.45, 7) is 2.70. The standard InChI is InChI=1S/C23H28N2O4S/c1-4-5-13-24-21(26)18-15-30-23(16-9-7-6-8-10-16)25(18)22(27)17-11-12-19(28-2)20(14-17)29-3/h6-12,14,18,23H,4-5,13,15H2,1-3H3,(H,24,26). The maximum atomic E-state index is 13.6. The maximum Gasteiger partial charge on any atom is 0.255 e. The molecule has 0 bridgehead atoms. The number of unbranched alkanes of at least 4 members (excludes halogenated alkanes) is 1. The number of nitrogens with one attached hydrogen (secondary N) is 1. The third-order valence-corrected chi connectivity index (χ3v) is 6.41. The summed E-state index contributed by atoms with van der Waals surface area (Å²) in [5, 5.41) is 2.76. The van der Waals surface area contributed by atoms with Crippen LogP contribution in [0.2, 0.25) is 0 Å². The minimum absolute atomic E-state index is 0.108. The number of rotatable bonds is 8. The van der Waals surface area contributed by atoms with Crippen molar-refractivity contribution in [3.8, 4) is 11.5 Å². The Morgan fingerprint density at radius 3 is 2.50 bits per heavy atom. The molecule has 1 heterocycles. The van der Waals surface area contributed by atoms with Gasteiger partial charge in [-0.25, -0.2) is 0 Å². The van der Waals surface area contributed by atoms with Crippen molar-refractivity contribution in [3.63, 3.8) is 0 Å². The highest BCUT2D eigenvalue weighted by Gasteiger charge is 2.42. The molecule has 0 aliphatic carbocycles. The third kappa shape index (κ3) is 4.73. The number of carbonyl (C=O) groups is 2. The molecule has 1 fully saturated rings. The van der Waals surface area contributed by atoms with Crippen molar-refractivity contribution in [2.45, 2.75) is 31.2 Å². The van der Waals surface area contributed by atoms with Crippen molar-refractivity contribution in [2.75, 3.05) is 26.5 Å². The van der Waals surface area contributed by atoms with E-state index in [1.165, 1.54) is 7.11 Å². The van der Waals surface area contributed by atoms with E-state index in [9.17, 15) is 9.59 Å². The van der Waals surface area contributed by atoms with Crippen molar-refractivity contribution in [1.82, 2.24) is 10.2 Å². The third-order valence-electron chi connectivity index (χ3n) is 5.08. The minimum atomic E-state index is -0.530. The summed E-state index contributed by atoms with van der Waals surface area (Å²) >= 11 is 1.61. The molecule has 2 atom stereocenters. The molecule has 1 aliphatic rings. The number of methoxy groups -OCH3 is 2. The molecule has 2 aromatic rings. The first-order valence-electron chi connectivity index (χ1n) is 10.1. The molecule has 0 aromatic heterocycles. The van der Waals surface area contributed by atoms with Gasteiger partial charge in [0.2, 0.25) is 5.91 Å². The van der Waals surface area contributed by atoms with E-state index in [1.54, 1.807) is 42.0 Å². The maximum absolute atomic E-state index is 13.6. The number of hydrogen-bond acceptors (Lipinski definition) is 5. The quantitative estimate of drug-likeness (QED) is 0.647. The molecule has 1 N–H and O–H groups in total. The first kappa shape index (κ1) is 22.0. The summed E-state index contributed by atoms with van der Waals surface area (Å²) in [5.74, 6) is 1.28. The van der Waals surface area contributed by atoms with Gasteiger partial charge < -0.3 is 19.7 Å². The van der Waals surface area contributed by atoms with Crippen molar-refractivity contribution < 1.29 is 19.1 Å². The van der Waals surface area contributed by atoms with E-state index >= 15 is 0 Å². The normalized spacial score (nSPS) is 18.2. The monoisotopic (exact) mass is 428 g/mol. The summed E-state index contributed by atoms with van der Waals surface area (Å²) in [5.41, 5.74) is 1.46. The second-order valence-electron chi connectivity index (χ2n) is 7.04. The zero-order valence-corrected chi connectivity index (χ0v) is 18.4. The van der Waals surface area contributed by atoms with Crippen LogP contribution in [0.15, 0.2) is 48.5 Å². The molecule has 160 valence electrons. The number of nitrogens with zero attached hydrogens (tertiary/aromatic N) is 1. The molecular formula is C23H28N2O4S. The zero-order chi connectivity index (χ0) is 21.5. The molecule has 0 spiro atoms. The van der Waals surface area contributed by atoms with Gasteiger partial charge in [-0.05, 0) is 30.2 Å². The van der Waals surface area contributed by atoms with E-state index in [1.807, 2.05) is 30.3 Å². The lowest BCUT2D eigenvalue weighted by atomic mass is 10.1. The van der Waals surface area contributed by atoms with Crippen LogP contribution in [0.1, 0.15) is 41.1 Å². The van der Waals surface area contributed by atoms with Crippen molar-refractivity contribution in [2.24, 2.45) is 0 Å². The van der Waals surface area contributed by atoms with Crippen LogP contribution in [0.5, 0.6) is 11.5 Å². The average molecular weight is 429 g/mol. The van der Waals surface area contributed by atoms with Gasteiger partial charge in [0, 0.05) is 17.9 Å². The second-order valence-corrected chi connectivity index (χ2v) is 8.15. The van der Waals surface area contributed by atoms with Crippen molar-refractivity contribution >= 4 is 23.6 Å². The van der Waals surface area contributed by atoms with Crippen LogP contribution in [-0.2, 0) is 4.79 Å². The van der Waals surface area contributed by atoms with Crippen LogP contribution in [0.25, 0.3) is 0 Å². The molecule has 0 radical (unpaired) electrons. The number of amides is 2. The zero-order valence-electron chi connectivity index (χ0n) is 17.6. The lowest BCUT2D eigenvalue weighted by Crippen LogP contribution is -2.48. The first-order valence-corrected chi connectivity index (χ1v) is 11.1. The van der Waals surface area contributed by atoms with E-state index < -0.39 is 6.04 Å². The topological polar surface area (TPSA) is 67.9 Å². The Morgan fingerprint density at radius 2 is 1.83 bits per heavy atom. The van der Waals surface area contributed by atoms with Crippen LogP contribution >= 0.6 is 11.8 Å². The van der Waals surface area contributed by atoms with E-state index in [0.717, 1.165) is 18.4 Å². The number of carbonyl (C=O) groups excluding carboxylic acids is 2. The molecule has 2 aromatic carbocycles.